The third-order valence-corrected chi connectivity index (χ3v) is 3.05. The molecule has 0 atom stereocenters. The summed E-state index contributed by atoms with van der Waals surface area (Å²) in [6.07, 6.45) is 0. The zero-order chi connectivity index (χ0) is 7.00. The molecule has 0 aliphatic heterocycles. The molecule has 0 aliphatic carbocycles. The van der Waals surface area contributed by atoms with E-state index in [-0.39, 0.29) is 6.15 Å². The maximum atomic E-state index is 9.58. The molecule has 0 aliphatic rings. The van der Waals surface area contributed by atoms with E-state index >= 15 is 0 Å². The molecule has 7 N–H and O–H groups in total. The van der Waals surface area contributed by atoms with E-state index in [0.717, 1.165) is 0 Å². The summed E-state index contributed by atoms with van der Waals surface area (Å²) in [5.74, 6) is 0. The van der Waals surface area contributed by atoms with Gasteiger partial charge in [-0.25, -0.2) is 9.13 Å². The van der Waals surface area contributed by atoms with Gasteiger partial charge in [0.2, 0.25) is 0 Å². The molecule has 9 heteroatoms. The van der Waals surface area contributed by atoms with E-state index in [2.05, 4.69) is 0 Å². The van der Waals surface area contributed by atoms with Gasteiger partial charge in [-0.15, -0.1) is 0 Å². The van der Waals surface area contributed by atoms with Crippen molar-refractivity contribution in [2.75, 3.05) is 0 Å². The maximum Gasteiger partial charge on any atom is 0.435 e. The first-order valence-corrected chi connectivity index (χ1v) is 5.30. The summed E-state index contributed by atoms with van der Waals surface area (Å²) in [6.45, 7) is 0. The summed E-state index contributed by atoms with van der Waals surface area (Å²) in [5.41, 5.74) is 0. The van der Waals surface area contributed by atoms with Crippen molar-refractivity contribution in [2.24, 2.45) is 0 Å². The van der Waals surface area contributed by atoms with Gasteiger partial charge in [-0.3, -0.25) is 0 Å². The number of hydrogen-bond acceptors (Lipinski definition) is 3. The lowest BCUT2D eigenvalue weighted by Crippen LogP contribution is -1.78. The Kier molecular flexibility index (Phi) is 3.86. The number of hydrogen-bond donors (Lipinski definition) is 5. The smallest absolute Gasteiger partial charge is 0.344 e. The highest BCUT2D eigenvalue weighted by Gasteiger charge is 2.37. The molecule has 0 aromatic heterocycles. The third-order valence-electron chi connectivity index (χ3n) is 0.339. The van der Waals surface area contributed by atoms with Gasteiger partial charge in [-0.2, -0.15) is 0 Å². The average molecular weight is 179 g/mol. The second-order valence-electron chi connectivity index (χ2n) is 1.03. The highest BCUT2D eigenvalue weighted by atomic mass is 32.1. The van der Waals surface area contributed by atoms with Crippen molar-refractivity contribution in [1.82, 2.24) is 6.15 Å². The Hall–Kier alpha value is 0.260. The van der Waals surface area contributed by atoms with Crippen molar-refractivity contribution < 1.29 is 28.7 Å². The van der Waals surface area contributed by atoms with E-state index in [9.17, 15) is 9.13 Å². The first-order chi connectivity index (χ1) is 3.25. The number of rotatable bonds is 1. The Morgan fingerprint density at radius 1 is 0.778 bits per heavy atom. The molecule has 0 aromatic carbocycles. The van der Waals surface area contributed by atoms with Crippen molar-refractivity contribution >= 4 is 14.6 Å². The molecule has 0 amide bonds. The fraction of sp³-hybridized carbons (Fsp3) is 0. The summed E-state index contributed by atoms with van der Waals surface area (Å²) in [5, 5.41) is 0. The lowest BCUT2D eigenvalue weighted by atomic mass is 14.0. The van der Waals surface area contributed by atoms with Gasteiger partial charge in [0.05, 0.1) is 0 Å². The highest BCUT2D eigenvalue weighted by Crippen LogP contribution is 2.71. The van der Waals surface area contributed by atoms with E-state index in [0.29, 0.717) is 0 Å². The molecule has 58 valence electrons. The first kappa shape index (κ1) is 12.0. The van der Waals surface area contributed by atoms with E-state index in [1.165, 1.54) is 0 Å². The Morgan fingerprint density at radius 2 is 0.889 bits per heavy atom. The van der Waals surface area contributed by atoms with Crippen LogP contribution in [-0.2, 0) is 9.13 Å². The summed E-state index contributed by atoms with van der Waals surface area (Å²) in [6, 6.07) is 0. The van der Waals surface area contributed by atoms with Gasteiger partial charge in [-0.1, -0.05) is 0 Å². The van der Waals surface area contributed by atoms with Gasteiger partial charge < -0.3 is 25.7 Å². The summed E-state index contributed by atoms with van der Waals surface area (Å²) in [4.78, 5) is 30.8. The van der Waals surface area contributed by atoms with Crippen LogP contribution in [0.1, 0.15) is 0 Å². The predicted molar refractivity (Wildman–Crippen MR) is 29.1 cm³/mol. The van der Waals surface area contributed by atoms with Crippen LogP contribution in [0.4, 0.5) is 0 Å². The summed E-state index contributed by atoms with van der Waals surface area (Å²) >= 11 is 0. The molecule has 0 rings (SSSR count). The quantitative estimate of drug-likeness (QED) is 0.337. The van der Waals surface area contributed by atoms with Crippen molar-refractivity contribution in [2.45, 2.75) is 0 Å². The van der Waals surface area contributed by atoms with Gasteiger partial charge in [0.25, 0.3) is 0 Å². The van der Waals surface area contributed by atoms with Crippen LogP contribution in [0, 0.1) is 0 Å². The molecule has 0 radical (unpaired) electrons. The molecule has 0 bridgehead atoms. The van der Waals surface area contributed by atoms with Crippen LogP contribution in [0.2, 0.25) is 0 Å². The molecule has 0 fully saturated rings. The van der Waals surface area contributed by atoms with Gasteiger partial charge in [-0.05, 0) is 0 Å². The molecular weight excluding hydrogens is 172 g/mol. The minimum atomic E-state index is -5.18. The zero-order valence-electron chi connectivity index (χ0n) is 4.21. The highest BCUT2D eigenvalue weighted by molar-refractivity contribution is 8.26. The van der Waals surface area contributed by atoms with Crippen LogP contribution < -0.4 is 6.15 Å². The fourth-order valence-corrected chi connectivity index (χ4v) is 0. The monoisotopic (exact) mass is 179 g/mol. The molecule has 0 aromatic rings. The SMILES string of the molecule is N.O=P(O)(O)P(=O)(O)O. The van der Waals surface area contributed by atoms with Crippen LogP contribution in [0.5, 0.6) is 0 Å². The topological polar surface area (TPSA) is 150 Å². The maximum absolute atomic E-state index is 9.58. The van der Waals surface area contributed by atoms with Crippen molar-refractivity contribution in [3.05, 3.63) is 0 Å². The van der Waals surface area contributed by atoms with E-state index in [4.69, 9.17) is 19.6 Å². The molecule has 0 saturated carbocycles. The van der Waals surface area contributed by atoms with Crippen molar-refractivity contribution in [3.63, 3.8) is 0 Å². The van der Waals surface area contributed by atoms with Crippen LogP contribution in [-0.4, -0.2) is 19.6 Å². The average Bonchev–Trinajstić information content (AvgIpc) is 1.25. The van der Waals surface area contributed by atoms with Crippen molar-refractivity contribution in [1.29, 1.82) is 0 Å². The molecule has 0 heterocycles. The van der Waals surface area contributed by atoms with Crippen LogP contribution in [0.15, 0.2) is 0 Å². The lowest BCUT2D eigenvalue weighted by Gasteiger charge is -2.02. The van der Waals surface area contributed by atoms with Crippen molar-refractivity contribution in [3.8, 4) is 0 Å². The second-order valence-corrected chi connectivity index (χ2v) is 6.21. The van der Waals surface area contributed by atoms with Crippen LogP contribution in [0.25, 0.3) is 0 Å². The van der Waals surface area contributed by atoms with Gasteiger partial charge >= 0.3 is 14.6 Å². The molecule has 0 spiro atoms. The van der Waals surface area contributed by atoms with E-state index in [1.807, 2.05) is 0 Å². The minimum Gasteiger partial charge on any atom is -0.344 e. The Balaban J connectivity index is 0. The van der Waals surface area contributed by atoms with Gasteiger partial charge in [0.1, 0.15) is 0 Å². The molecule has 9 heavy (non-hydrogen) atoms. The normalized spacial score (nSPS) is 12.4. The third kappa shape index (κ3) is 3.77. The Bertz CT molecular complexity index is 140. The second kappa shape index (κ2) is 2.90. The zero-order valence-corrected chi connectivity index (χ0v) is 6.00. The van der Waals surface area contributed by atoms with E-state index in [1.54, 1.807) is 0 Å². The Labute approximate surface area is 50.5 Å². The van der Waals surface area contributed by atoms with Gasteiger partial charge in [0, 0.05) is 0 Å². The first-order valence-electron chi connectivity index (χ1n) is 1.37. The molecular formula is H7NO6P2. The lowest BCUT2D eigenvalue weighted by molar-refractivity contribution is 0.340. The molecule has 0 unspecified atom stereocenters. The fourth-order valence-electron chi connectivity index (χ4n) is 0. The predicted octanol–water partition coefficient (Wildman–Crippen LogP) is -0.581. The minimum absolute atomic E-state index is 0. The largest absolute Gasteiger partial charge is 0.435 e. The molecule has 7 nitrogen and oxygen atoms in total. The Morgan fingerprint density at radius 3 is 0.889 bits per heavy atom. The van der Waals surface area contributed by atoms with Crippen LogP contribution >= 0.6 is 14.6 Å². The summed E-state index contributed by atoms with van der Waals surface area (Å²) < 4.78 is 19.2. The van der Waals surface area contributed by atoms with Crippen LogP contribution in [0.3, 0.4) is 0 Å². The summed E-state index contributed by atoms with van der Waals surface area (Å²) in [7, 11) is -10.4. The molecule has 0 saturated heterocycles. The van der Waals surface area contributed by atoms with E-state index < -0.39 is 14.6 Å². The standard InChI is InChI=1S/H3N.H4O6P2/c;1-7(2,3)8(4,5)6/h1H3;(H2,1,2,3)(H2,4,5,6). The van der Waals surface area contributed by atoms with Gasteiger partial charge in [0.15, 0.2) is 0 Å².